The molecule has 2 heterocycles. The fraction of sp³-hybridized carbons (Fsp3) is 0. The number of hydrogen-bond donors (Lipinski definition) is 0. The Morgan fingerprint density at radius 1 is 1.50 bits per heavy atom. The summed E-state index contributed by atoms with van der Waals surface area (Å²) in [5.41, 5.74) is 0. The minimum absolute atomic E-state index is 0.389. The highest BCUT2D eigenvalue weighted by Crippen LogP contribution is 1.97. The summed E-state index contributed by atoms with van der Waals surface area (Å²) >= 11 is 0. The van der Waals surface area contributed by atoms with Crippen molar-refractivity contribution in [1.82, 2.24) is 14.4 Å². The number of nitrogens with zero attached hydrogens (tertiary/aromatic N) is 3. The lowest BCUT2D eigenvalue weighted by Crippen LogP contribution is -1.82. The molecule has 0 aliphatic heterocycles. The van der Waals surface area contributed by atoms with Gasteiger partial charge < -0.3 is 0 Å². The Bertz CT molecular complexity index is 322. The van der Waals surface area contributed by atoms with Crippen LogP contribution in [-0.4, -0.2) is 14.4 Å². The largest absolute Gasteiger partial charge is 0.288 e. The van der Waals surface area contributed by atoms with Crippen molar-refractivity contribution in [1.29, 1.82) is 0 Å². The summed E-state index contributed by atoms with van der Waals surface area (Å²) in [5.74, 6) is -0.112. The van der Waals surface area contributed by atoms with E-state index in [2.05, 4.69) is 9.97 Å². The van der Waals surface area contributed by atoms with E-state index in [4.69, 9.17) is 0 Å². The maximum atomic E-state index is 12.3. The van der Waals surface area contributed by atoms with Crippen molar-refractivity contribution in [2.45, 2.75) is 0 Å². The van der Waals surface area contributed by atoms with Gasteiger partial charge in [-0.3, -0.25) is 4.40 Å². The molecule has 2 aromatic heterocycles. The standard InChI is InChI=1S/C6H4FN3/c7-5-4-10-3-1-2-8-6(10)9-5/h1-4H. The highest BCUT2D eigenvalue weighted by Gasteiger charge is 1.97. The molecule has 0 amide bonds. The Morgan fingerprint density at radius 2 is 2.40 bits per heavy atom. The molecule has 50 valence electrons. The number of aromatic nitrogens is 3. The van der Waals surface area contributed by atoms with Gasteiger partial charge in [0.25, 0.3) is 0 Å². The molecule has 0 aromatic carbocycles. The molecular weight excluding hydrogens is 133 g/mol. The third-order valence-electron chi connectivity index (χ3n) is 1.21. The molecule has 0 radical (unpaired) electrons. The van der Waals surface area contributed by atoms with Crippen molar-refractivity contribution in [2.75, 3.05) is 0 Å². The second-order valence-electron chi connectivity index (χ2n) is 1.89. The van der Waals surface area contributed by atoms with E-state index in [-0.39, 0.29) is 0 Å². The number of imidazole rings is 1. The first-order valence-corrected chi connectivity index (χ1v) is 2.81. The van der Waals surface area contributed by atoms with Crippen molar-refractivity contribution in [3.8, 4) is 0 Å². The molecule has 0 spiro atoms. The molecule has 4 heteroatoms. The Labute approximate surface area is 56.2 Å². The summed E-state index contributed by atoms with van der Waals surface area (Å²) < 4.78 is 13.9. The van der Waals surface area contributed by atoms with Crippen LogP contribution in [0.2, 0.25) is 0 Å². The van der Waals surface area contributed by atoms with E-state index in [9.17, 15) is 4.39 Å². The van der Waals surface area contributed by atoms with E-state index < -0.39 is 5.95 Å². The Hall–Kier alpha value is -1.45. The monoisotopic (exact) mass is 137 g/mol. The third kappa shape index (κ3) is 0.655. The first-order chi connectivity index (χ1) is 4.86. The molecule has 2 rings (SSSR count). The van der Waals surface area contributed by atoms with E-state index in [1.807, 2.05) is 0 Å². The van der Waals surface area contributed by atoms with Gasteiger partial charge in [-0.25, -0.2) is 4.98 Å². The Kier molecular flexibility index (Phi) is 0.943. The van der Waals surface area contributed by atoms with Crippen molar-refractivity contribution in [3.05, 3.63) is 30.6 Å². The minimum Gasteiger partial charge on any atom is -0.288 e. The molecule has 0 atom stereocenters. The normalized spacial score (nSPS) is 10.5. The maximum Gasteiger partial charge on any atom is 0.236 e. The molecule has 0 fully saturated rings. The van der Waals surface area contributed by atoms with Crippen LogP contribution in [-0.2, 0) is 0 Å². The van der Waals surface area contributed by atoms with E-state index in [1.165, 1.54) is 10.6 Å². The van der Waals surface area contributed by atoms with Crippen LogP contribution in [0.4, 0.5) is 4.39 Å². The van der Waals surface area contributed by atoms with E-state index in [1.54, 1.807) is 18.5 Å². The van der Waals surface area contributed by atoms with Gasteiger partial charge in [-0.1, -0.05) is 0 Å². The van der Waals surface area contributed by atoms with Gasteiger partial charge in [-0.05, 0) is 6.07 Å². The number of rotatable bonds is 0. The zero-order valence-electron chi connectivity index (χ0n) is 5.03. The van der Waals surface area contributed by atoms with Gasteiger partial charge in [-0.2, -0.15) is 9.37 Å². The van der Waals surface area contributed by atoms with Gasteiger partial charge in [0.1, 0.15) is 0 Å². The molecule has 0 bridgehead atoms. The lowest BCUT2D eigenvalue weighted by Gasteiger charge is -1.85. The van der Waals surface area contributed by atoms with Gasteiger partial charge in [0.15, 0.2) is 0 Å². The molecule has 0 unspecified atom stereocenters. The highest BCUT2D eigenvalue weighted by atomic mass is 19.1. The van der Waals surface area contributed by atoms with Crippen LogP contribution in [0.25, 0.3) is 5.78 Å². The predicted octanol–water partition coefficient (Wildman–Crippen LogP) is 0.868. The van der Waals surface area contributed by atoms with Crippen LogP contribution < -0.4 is 0 Å². The molecule has 0 aliphatic rings. The van der Waals surface area contributed by atoms with Crippen LogP contribution in [0.3, 0.4) is 0 Å². The first-order valence-electron chi connectivity index (χ1n) is 2.81. The van der Waals surface area contributed by atoms with Crippen LogP contribution >= 0.6 is 0 Å². The van der Waals surface area contributed by atoms with Crippen molar-refractivity contribution in [2.24, 2.45) is 0 Å². The maximum absolute atomic E-state index is 12.3. The molecule has 0 aliphatic carbocycles. The topological polar surface area (TPSA) is 30.2 Å². The van der Waals surface area contributed by atoms with Crippen molar-refractivity contribution >= 4 is 5.78 Å². The smallest absolute Gasteiger partial charge is 0.236 e. The first kappa shape index (κ1) is 5.34. The predicted molar refractivity (Wildman–Crippen MR) is 32.9 cm³/mol. The lowest BCUT2D eigenvalue weighted by atomic mass is 10.7. The second-order valence-corrected chi connectivity index (χ2v) is 1.89. The third-order valence-corrected chi connectivity index (χ3v) is 1.21. The number of hydrogen-bond acceptors (Lipinski definition) is 2. The molecule has 0 saturated heterocycles. The number of halogens is 1. The van der Waals surface area contributed by atoms with E-state index in [0.717, 1.165) is 0 Å². The molecule has 0 saturated carbocycles. The second kappa shape index (κ2) is 1.76. The van der Waals surface area contributed by atoms with Crippen LogP contribution in [0.5, 0.6) is 0 Å². The van der Waals surface area contributed by atoms with Crippen LogP contribution in [0, 0.1) is 5.95 Å². The average molecular weight is 137 g/mol. The van der Waals surface area contributed by atoms with E-state index in [0.29, 0.717) is 5.78 Å². The molecule has 2 aromatic rings. The van der Waals surface area contributed by atoms with Gasteiger partial charge in [-0.15, -0.1) is 0 Å². The quantitative estimate of drug-likeness (QED) is 0.539. The lowest BCUT2D eigenvalue weighted by molar-refractivity contribution is 0.592. The summed E-state index contributed by atoms with van der Waals surface area (Å²) in [4.78, 5) is 7.31. The minimum atomic E-state index is -0.501. The molecule has 0 N–H and O–H groups in total. The fourth-order valence-electron chi connectivity index (χ4n) is 0.801. The summed E-state index contributed by atoms with van der Waals surface area (Å²) in [7, 11) is 0. The average Bonchev–Trinajstić information content (AvgIpc) is 2.27. The van der Waals surface area contributed by atoms with Gasteiger partial charge >= 0.3 is 0 Å². The zero-order valence-corrected chi connectivity index (χ0v) is 5.03. The molecular formula is C6H4FN3. The fourth-order valence-corrected chi connectivity index (χ4v) is 0.801. The van der Waals surface area contributed by atoms with Gasteiger partial charge in [0, 0.05) is 12.4 Å². The molecule has 10 heavy (non-hydrogen) atoms. The van der Waals surface area contributed by atoms with Crippen molar-refractivity contribution < 1.29 is 4.39 Å². The van der Waals surface area contributed by atoms with Crippen molar-refractivity contribution in [3.63, 3.8) is 0 Å². The van der Waals surface area contributed by atoms with Crippen LogP contribution in [0.1, 0.15) is 0 Å². The summed E-state index contributed by atoms with van der Waals surface area (Å²) in [6.45, 7) is 0. The van der Waals surface area contributed by atoms with E-state index >= 15 is 0 Å². The van der Waals surface area contributed by atoms with Gasteiger partial charge in [0.05, 0.1) is 6.20 Å². The molecule has 3 nitrogen and oxygen atoms in total. The zero-order chi connectivity index (χ0) is 6.97. The highest BCUT2D eigenvalue weighted by molar-refractivity contribution is 5.26. The SMILES string of the molecule is Fc1cn2cccnc2n1. The summed E-state index contributed by atoms with van der Waals surface area (Å²) in [6, 6.07) is 1.72. The Morgan fingerprint density at radius 3 is 3.20 bits per heavy atom. The summed E-state index contributed by atoms with van der Waals surface area (Å²) in [6.07, 6.45) is 4.54. The van der Waals surface area contributed by atoms with Gasteiger partial charge in [0.2, 0.25) is 11.7 Å². The number of fused-ring (bicyclic) bond motifs is 1. The van der Waals surface area contributed by atoms with Crippen LogP contribution in [0.15, 0.2) is 24.7 Å². The summed E-state index contributed by atoms with van der Waals surface area (Å²) in [5, 5.41) is 0. The Balaban J connectivity index is 2.88.